The number of hydrogen-bond acceptors (Lipinski definition) is 7. The summed E-state index contributed by atoms with van der Waals surface area (Å²) in [5.41, 5.74) is 7.36. The number of alkyl halides is 2. The van der Waals surface area contributed by atoms with Gasteiger partial charge in [0.05, 0.1) is 24.6 Å². The predicted octanol–water partition coefficient (Wildman–Crippen LogP) is 4.57. The number of nitrogens with one attached hydrogen (secondary N) is 2. The van der Waals surface area contributed by atoms with Crippen LogP contribution in [0.25, 0.3) is 11.2 Å². The largest absolute Gasteiger partial charge is 0.316 e. The molecule has 1 saturated heterocycles. The van der Waals surface area contributed by atoms with Crippen LogP contribution in [-0.4, -0.2) is 71.4 Å². The Labute approximate surface area is 231 Å². The number of aryl methyl sites for hydroxylation is 1. The molecule has 1 aliphatic heterocycles. The van der Waals surface area contributed by atoms with Crippen LogP contribution in [0.1, 0.15) is 49.1 Å². The van der Waals surface area contributed by atoms with Crippen molar-refractivity contribution in [2.24, 2.45) is 0 Å². The molecule has 11 heteroatoms. The van der Waals surface area contributed by atoms with E-state index in [1.54, 1.807) is 17.2 Å². The van der Waals surface area contributed by atoms with Gasteiger partial charge in [0.2, 0.25) is 5.91 Å². The molecule has 4 heterocycles. The summed E-state index contributed by atoms with van der Waals surface area (Å²) in [5.74, 6) is 0.717. The molecule has 8 nitrogen and oxygen atoms in total. The number of hydrogen-bond donors (Lipinski definition) is 2. The molecule has 1 aliphatic carbocycles. The van der Waals surface area contributed by atoms with Gasteiger partial charge in [0.15, 0.2) is 5.13 Å². The van der Waals surface area contributed by atoms with Crippen molar-refractivity contribution in [1.29, 1.82) is 0 Å². The Morgan fingerprint density at radius 3 is 2.87 bits per heavy atom. The lowest BCUT2D eigenvalue weighted by Crippen LogP contribution is -2.56. The minimum absolute atomic E-state index is 0.0809. The van der Waals surface area contributed by atoms with E-state index in [2.05, 4.69) is 17.7 Å². The van der Waals surface area contributed by atoms with Crippen LogP contribution in [0, 0.1) is 0 Å². The standard InChI is InChI=1S/C28H35F2N7OS/c1-3-23-27(35(2)28-34-24(18-39-28)19-4-7-22(30)8-5-19)36-17-21(6-9-25(36)33-23)20(16-29)10-12-31-13-11-26(38)37-15-14-32-37/h4-7,9,17-18,20,22,31-32H,3,8,10-16H2,1-2H3. The molecule has 39 heavy (non-hydrogen) atoms. The van der Waals surface area contributed by atoms with Crippen molar-refractivity contribution in [2.45, 2.75) is 44.7 Å². The molecule has 2 unspecified atom stereocenters. The molecule has 2 N–H and O–H groups in total. The van der Waals surface area contributed by atoms with Crippen LogP contribution in [0.3, 0.4) is 0 Å². The van der Waals surface area contributed by atoms with Crippen molar-refractivity contribution in [2.75, 3.05) is 44.8 Å². The summed E-state index contributed by atoms with van der Waals surface area (Å²) in [6, 6.07) is 3.90. The summed E-state index contributed by atoms with van der Waals surface area (Å²) in [5, 5.41) is 7.70. The molecule has 0 bridgehead atoms. The van der Waals surface area contributed by atoms with E-state index in [0.717, 1.165) is 58.6 Å². The van der Waals surface area contributed by atoms with E-state index in [-0.39, 0.29) is 11.8 Å². The molecule has 3 aromatic rings. The number of nitrogens with zero attached hydrogens (tertiary/aromatic N) is 5. The van der Waals surface area contributed by atoms with Gasteiger partial charge in [-0.25, -0.2) is 19.8 Å². The molecule has 0 spiro atoms. The van der Waals surface area contributed by atoms with E-state index < -0.39 is 12.8 Å². The maximum absolute atomic E-state index is 14.2. The van der Waals surface area contributed by atoms with E-state index in [1.165, 1.54) is 11.3 Å². The Bertz CT molecular complexity index is 1360. The zero-order valence-corrected chi connectivity index (χ0v) is 23.2. The lowest BCUT2D eigenvalue weighted by Gasteiger charge is -2.32. The molecule has 1 amide bonds. The third-order valence-corrected chi connectivity index (χ3v) is 8.16. The number of allylic oxidation sites excluding steroid dienone is 4. The second kappa shape index (κ2) is 12.4. The number of amides is 1. The van der Waals surface area contributed by atoms with Crippen molar-refractivity contribution in [3.05, 3.63) is 58.9 Å². The number of fused-ring (bicyclic) bond motifs is 1. The summed E-state index contributed by atoms with van der Waals surface area (Å²) in [7, 11) is 1.97. The number of anilines is 2. The lowest BCUT2D eigenvalue weighted by molar-refractivity contribution is -0.139. The minimum atomic E-state index is -0.935. The van der Waals surface area contributed by atoms with E-state index >= 15 is 0 Å². The fraction of sp³-hybridized carbons (Fsp3) is 0.464. The van der Waals surface area contributed by atoms with Crippen molar-refractivity contribution >= 4 is 39.4 Å². The third-order valence-electron chi connectivity index (χ3n) is 7.24. The zero-order valence-electron chi connectivity index (χ0n) is 22.4. The molecule has 2 aliphatic rings. The number of carbonyl (C=O) groups is 1. The van der Waals surface area contributed by atoms with Crippen LogP contribution < -0.4 is 15.6 Å². The lowest BCUT2D eigenvalue weighted by atomic mass is 9.98. The maximum Gasteiger partial charge on any atom is 0.237 e. The van der Waals surface area contributed by atoms with Crippen molar-refractivity contribution in [3.8, 4) is 0 Å². The summed E-state index contributed by atoms with van der Waals surface area (Å²) in [6.07, 6.45) is 8.44. The van der Waals surface area contributed by atoms with E-state index in [1.807, 2.05) is 46.1 Å². The normalized spacial score (nSPS) is 17.8. The topological polar surface area (TPSA) is 77.8 Å². The smallest absolute Gasteiger partial charge is 0.237 e. The molecular formula is C28H35F2N7OS. The predicted molar refractivity (Wildman–Crippen MR) is 152 cm³/mol. The van der Waals surface area contributed by atoms with Crippen molar-refractivity contribution < 1.29 is 13.6 Å². The van der Waals surface area contributed by atoms with Gasteiger partial charge < -0.3 is 10.2 Å². The molecule has 2 atom stereocenters. The summed E-state index contributed by atoms with van der Waals surface area (Å²) < 4.78 is 29.7. The fourth-order valence-electron chi connectivity index (χ4n) is 4.86. The van der Waals surface area contributed by atoms with Crippen LogP contribution in [0.15, 0.2) is 41.9 Å². The Morgan fingerprint density at radius 2 is 2.18 bits per heavy atom. The molecule has 3 aromatic heterocycles. The Balaban J connectivity index is 1.30. The molecule has 208 valence electrons. The maximum atomic E-state index is 14.2. The van der Waals surface area contributed by atoms with Crippen LogP contribution >= 0.6 is 11.3 Å². The Kier molecular flexibility index (Phi) is 8.69. The highest BCUT2D eigenvalue weighted by Gasteiger charge is 2.22. The van der Waals surface area contributed by atoms with Gasteiger partial charge in [0.25, 0.3) is 0 Å². The molecule has 1 fully saturated rings. The first-order valence-corrected chi connectivity index (χ1v) is 14.4. The number of halogens is 2. The summed E-state index contributed by atoms with van der Waals surface area (Å²) in [6.45, 7) is 4.40. The number of carbonyl (C=O) groups excluding carboxylic acids is 1. The summed E-state index contributed by atoms with van der Waals surface area (Å²) in [4.78, 5) is 23.6. The minimum Gasteiger partial charge on any atom is -0.316 e. The Morgan fingerprint density at radius 1 is 1.33 bits per heavy atom. The fourth-order valence-corrected chi connectivity index (χ4v) is 5.66. The quantitative estimate of drug-likeness (QED) is 0.319. The van der Waals surface area contributed by atoms with Crippen molar-refractivity contribution in [1.82, 2.24) is 30.1 Å². The first-order valence-electron chi connectivity index (χ1n) is 13.5. The van der Waals surface area contributed by atoms with Crippen molar-refractivity contribution in [3.63, 3.8) is 0 Å². The highest BCUT2D eigenvalue weighted by Crippen LogP contribution is 2.34. The van der Waals surface area contributed by atoms with E-state index in [9.17, 15) is 13.6 Å². The number of rotatable bonds is 12. The first-order chi connectivity index (χ1) is 19.0. The van der Waals surface area contributed by atoms with Gasteiger partial charge in [-0.15, -0.1) is 11.3 Å². The van der Waals surface area contributed by atoms with Gasteiger partial charge in [-0.05, 0) is 42.7 Å². The molecule has 5 rings (SSSR count). The SMILES string of the molecule is CCc1nc2ccc(C(CF)CCNCCC(=O)N3CCN3)cn2c1N(C)c1nc(C2=CCC(F)C=C2)cs1. The second-order valence-electron chi connectivity index (χ2n) is 9.86. The van der Waals surface area contributed by atoms with Crippen LogP contribution in [-0.2, 0) is 11.2 Å². The van der Waals surface area contributed by atoms with Crippen LogP contribution in [0.5, 0.6) is 0 Å². The number of aromatic nitrogens is 3. The van der Waals surface area contributed by atoms with Gasteiger partial charge >= 0.3 is 0 Å². The second-order valence-corrected chi connectivity index (χ2v) is 10.7. The highest BCUT2D eigenvalue weighted by atomic mass is 32.1. The molecular weight excluding hydrogens is 520 g/mol. The van der Waals surface area contributed by atoms with Gasteiger partial charge in [-0.3, -0.25) is 18.6 Å². The van der Waals surface area contributed by atoms with Crippen LogP contribution in [0.2, 0.25) is 0 Å². The monoisotopic (exact) mass is 555 g/mol. The van der Waals surface area contributed by atoms with Gasteiger partial charge in [-0.2, -0.15) is 0 Å². The number of thiazole rings is 1. The first kappa shape index (κ1) is 27.4. The van der Waals surface area contributed by atoms with Gasteiger partial charge in [-0.1, -0.05) is 25.1 Å². The third kappa shape index (κ3) is 6.05. The highest BCUT2D eigenvalue weighted by molar-refractivity contribution is 7.13. The average Bonchev–Trinajstić information content (AvgIpc) is 3.55. The van der Waals surface area contributed by atoms with Gasteiger partial charge in [0, 0.05) is 50.5 Å². The molecule has 0 radical (unpaired) electrons. The zero-order chi connectivity index (χ0) is 27.4. The van der Waals surface area contributed by atoms with Crippen LogP contribution in [0.4, 0.5) is 19.7 Å². The number of imidazole rings is 1. The van der Waals surface area contributed by atoms with E-state index in [4.69, 9.17) is 9.97 Å². The number of pyridine rings is 1. The average molecular weight is 556 g/mol. The van der Waals surface area contributed by atoms with Gasteiger partial charge in [0.1, 0.15) is 17.6 Å². The summed E-state index contributed by atoms with van der Waals surface area (Å²) >= 11 is 1.52. The molecule has 0 aromatic carbocycles. The Hall–Kier alpha value is -3.15. The number of hydrazine groups is 1. The van der Waals surface area contributed by atoms with E-state index in [0.29, 0.717) is 32.4 Å². The molecule has 0 saturated carbocycles.